The first-order valence-electron chi connectivity index (χ1n) is 5.02. The van der Waals surface area contributed by atoms with E-state index in [0.29, 0.717) is 5.56 Å². The van der Waals surface area contributed by atoms with Gasteiger partial charge in [0.25, 0.3) is 0 Å². The number of aromatic nitrogens is 3. The predicted octanol–water partition coefficient (Wildman–Crippen LogP) is 2.61. The molecule has 6 heteroatoms. The van der Waals surface area contributed by atoms with Crippen LogP contribution < -0.4 is 5.32 Å². The molecule has 1 atom stereocenters. The smallest absolute Gasteiger partial charge is 0.146 e. The highest BCUT2D eigenvalue weighted by atomic mass is 79.9. The summed E-state index contributed by atoms with van der Waals surface area (Å²) < 4.78 is 0.773. The second-order valence-electron chi connectivity index (χ2n) is 3.51. The Morgan fingerprint density at radius 2 is 2.35 bits per heavy atom. The summed E-state index contributed by atoms with van der Waals surface area (Å²) in [6, 6.07) is 7.69. The van der Waals surface area contributed by atoms with Crippen LogP contribution >= 0.6 is 15.9 Å². The Morgan fingerprint density at radius 1 is 1.53 bits per heavy atom. The van der Waals surface area contributed by atoms with E-state index in [1.165, 1.54) is 6.33 Å². The molecule has 0 aliphatic carbocycles. The number of hydrogen-bond acceptors (Lipinski definition) is 4. The monoisotopic (exact) mass is 291 g/mol. The van der Waals surface area contributed by atoms with E-state index in [1.54, 1.807) is 0 Å². The van der Waals surface area contributed by atoms with Gasteiger partial charge >= 0.3 is 0 Å². The summed E-state index contributed by atoms with van der Waals surface area (Å²) in [6.07, 6.45) is 1.46. The second kappa shape index (κ2) is 4.97. The van der Waals surface area contributed by atoms with Gasteiger partial charge in [-0.15, -0.1) is 0 Å². The molecule has 17 heavy (non-hydrogen) atoms. The first-order valence-corrected chi connectivity index (χ1v) is 5.82. The SMILES string of the molecule is CC(Nc1cccc(Br)c1C#N)c1ncn[nH]1. The second-order valence-corrected chi connectivity index (χ2v) is 4.37. The molecule has 0 aliphatic heterocycles. The number of halogens is 1. The van der Waals surface area contributed by atoms with Gasteiger partial charge in [-0.05, 0) is 35.0 Å². The van der Waals surface area contributed by atoms with E-state index >= 15 is 0 Å². The fourth-order valence-corrected chi connectivity index (χ4v) is 1.94. The lowest BCUT2D eigenvalue weighted by Gasteiger charge is -2.14. The highest BCUT2D eigenvalue weighted by molar-refractivity contribution is 9.10. The fraction of sp³-hybridized carbons (Fsp3) is 0.182. The minimum atomic E-state index is -0.0427. The quantitative estimate of drug-likeness (QED) is 0.911. The maximum absolute atomic E-state index is 9.09. The molecule has 1 aromatic heterocycles. The average Bonchev–Trinajstić information content (AvgIpc) is 2.82. The van der Waals surface area contributed by atoms with Gasteiger partial charge in [-0.2, -0.15) is 10.4 Å². The zero-order chi connectivity index (χ0) is 12.3. The standard InChI is InChI=1S/C11H10BrN5/c1-7(11-14-6-15-17-11)16-10-4-2-3-9(12)8(10)5-13/h2-4,6-7,16H,1H3,(H,14,15,17). The van der Waals surface area contributed by atoms with E-state index < -0.39 is 0 Å². The number of nitrogens with one attached hydrogen (secondary N) is 2. The largest absolute Gasteiger partial charge is 0.374 e. The third kappa shape index (κ3) is 2.45. The molecule has 0 fully saturated rings. The molecular formula is C11H10BrN5. The van der Waals surface area contributed by atoms with Crippen molar-refractivity contribution in [2.45, 2.75) is 13.0 Å². The van der Waals surface area contributed by atoms with Crippen molar-refractivity contribution in [1.82, 2.24) is 15.2 Å². The van der Waals surface area contributed by atoms with Crippen LogP contribution in [0.15, 0.2) is 29.0 Å². The van der Waals surface area contributed by atoms with E-state index in [1.807, 2.05) is 25.1 Å². The van der Waals surface area contributed by atoms with Crippen molar-refractivity contribution in [2.75, 3.05) is 5.32 Å². The Kier molecular flexibility index (Phi) is 3.40. The molecular weight excluding hydrogens is 282 g/mol. The molecule has 0 amide bonds. The van der Waals surface area contributed by atoms with Gasteiger partial charge in [-0.3, -0.25) is 5.10 Å². The first kappa shape index (κ1) is 11.6. The van der Waals surface area contributed by atoms with E-state index in [2.05, 4.69) is 42.5 Å². The Labute approximate surface area is 107 Å². The minimum absolute atomic E-state index is 0.0427. The normalized spacial score (nSPS) is 11.8. The Hall–Kier alpha value is -1.87. The first-order chi connectivity index (χ1) is 8.22. The minimum Gasteiger partial charge on any atom is -0.374 e. The number of rotatable bonds is 3. The highest BCUT2D eigenvalue weighted by Crippen LogP contribution is 2.26. The van der Waals surface area contributed by atoms with Crippen LogP contribution in [-0.2, 0) is 0 Å². The van der Waals surface area contributed by atoms with Crippen molar-refractivity contribution in [1.29, 1.82) is 5.26 Å². The molecule has 0 radical (unpaired) electrons. The average molecular weight is 292 g/mol. The number of hydrogen-bond donors (Lipinski definition) is 2. The predicted molar refractivity (Wildman–Crippen MR) is 67.3 cm³/mol. The van der Waals surface area contributed by atoms with Crippen molar-refractivity contribution >= 4 is 21.6 Å². The van der Waals surface area contributed by atoms with Gasteiger partial charge in [-0.1, -0.05) is 6.07 Å². The summed E-state index contributed by atoms with van der Waals surface area (Å²) in [5, 5.41) is 18.9. The fourth-order valence-electron chi connectivity index (χ4n) is 1.48. The third-order valence-electron chi connectivity index (χ3n) is 2.34. The van der Waals surface area contributed by atoms with Gasteiger partial charge in [0.2, 0.25) is 0 Å². The van der Waals surface area contributed by atoms with Gasteiger partial charge in [0.15, 0.2) is 0 Å². The summed E-state index contributed by atoms with van der Waals surface area (Å²) in [5.41, 5.74) is 1.35. The Morgan fingerprint density at radius 3 is 3.00 bits per heavy atom. The molecule has 86 valence electrons. The van der Waals surface area contributed by atoms with Gasteiger partial charge in [0.05, 0.1) is 17.3 Å². The van der Waals surface area contributed by atoms with Crippen molar-refractivity contribution in [3.05, 3.63) is 40.4 Å². The van der Waals surface area contributed by atoms with Crippen molar-refractivity contribution in [3.63, 3.8) is 0 Å². The molecule has 1 unspecified atom stereocenters. The molecule has 0 aliphatic rings. The van der Waals surface area contributed by atoms with Crippen LogP contribution in [0.1, 0.15) is 24.4 Å². The van der Waals surface area contributed by atoms with Gasteiger partial charge in [0, 0.05) is 4.47 Å². The number of aromatic amines is 1. The summed E-state index contributed by atoms with van der Waals surface area (Å²) in [6.45, 7) is 1.95. The Bertz CT molecular complexity index is 543. The maximum Gasteiger partial charge on any atom is 0.146 e. The molecule has 2 rings (SSSR count). The molecule has 2 N–H and O–H groups in total. The zero-order valence-corrected chi connectivity index (χ0v) is 10.7. The van der Waals surface area contributed by atoms with Crippen LogP contribution in [0.3, 0.4) is 0 Å². The van der Waals surface area contributed by atoms with Crippen molar-refractivity contribution in [3.8, 4) is 6.07 Å². The van der Waals surface area contributed by atoms with Crippen molar-refractivity contribution in [2.24, 2.45) is 0 Å². The van der Waals surface area contributed by atoms with Crippen LogP contribution in [0.25, 0.3) is 0 Å². The lowest BCUT2D eigenvalue weighted by atomic mass is 10.1. The number of nitrogens with zero attached hydrogens (tertiary/aromatic N) is 3. The Balaban J connectivity index is 2.25. The summed E-state index contributed by atoms with van der Waals surface area (Å²) in [4.78, 5) is 4.07. The number of benzene rings is 1. The maximum atomic E-state index is 9.09. The zero-order valence-electron chi connectivity index (χ0n) is 9.11. The van der Waals surface area contributed by atoms with E-state index in [-0.39, 0.29) is 6.04 Å². The van der Waals surface area contributed by atoms with Gasteiger partial charge in [-0.25, -0.2) is 4.98 Å². The molecule has 1 heterocycles. The molecule has 0 saturated carbocycles. The summed E-state index contributed by atoms with van der Waals surface area (Å²) in [5.74, 6) is 0.730. The van der Waals surface area contributed by atoms with Gasteiger partial charge in [0.1, 0.15) is 18.2 Å². The van der Waals surface area contributed by atoms with E-state index in [4.69, 9.17) is 5.26 Å². The topological polar surface area (TPSA) is 77.4 Å². The van der Waals surface area contributed by atoms with Crippen LogP contribution in [0.4, 0.5) is 5.69 Å². The van der Waals surface area contributed by atoms with Crippen LogP contribution in [-0.4, -0.2) is 15.2 Å². The molecule has 0 spiro atoms. The number of anilines is 1. The van der Waals surface area contributed by atoms with Crippen LogP contribution in [0.2, 0.25) is 0 Å². The molecule has 1 aromatic carbocycles. The molecule has 0 saturated heterocycles. The van der Waals surface area contributed by atoms with Gasteiger partial charge < -0.3 is 5.32 Å². The molecule has 0 bridgehead atoms. The van der Waals surface area contributed by atoms with Crippen LogP contribution in [0, 0.1) is 11.3 Å². The third-order valence-corrected chi connectivity index (χ3v) is 3.00. The summed E-state index contributed by atoms with van der Waals surface area (Å²) in [7, 11) is 0. The highest BCUT2D eigenvalue weighted by Gasteiger charge is 2.11. The van der Waals surface area contributed by atoms with E-state index in [9.17, 15) is 0 Å². The van der Waals surface area contributed by atoms with Crippen LogP contribution in [0.5, 0.6) is 0 Å². The molecule has 5 nitrogen and oxygen atoms in total. The summed E-state index contributed by atoms with van der Waals surface area (Å²) >= 11 is 3.35. The molecule has 2 aromatic rings. The van der Waals surface area contributed by atoms with E-state index in [0.717, 1.165) is 16.0 Å². The van der Waals surface area contributed by atoms with Crippen molar-refractivity contribution < 1.29 is 0 Å². The lowest BCUT2D eigenvalue weighted by Crippen LogP contribution is -2.09. The lowest BCUT2D eigenvalue weighted by molar-refractivity contribution is 0.795. The number of nitriles is 1. The number of H-pyrrole nitrogens is 1.